The standard InChI is InChI=1S/C11H18N4O4/c1-3-7(2)9(10(16)17)15-11(18)12-5-4-8-13-6-14-19-8/h6-7,9H,3-5H2,1-2H3,(H,16,17)(H2,12,15,18). The second kappa shape index (κ2) is 7.34. The van der Waals surface area contributed by atoms with Crippen molar-refractivity contribution in [2.45, 2.75) is 32.7 Å². The maximum atomic E-state index is 11.6. The Balaban J connectivity index is 2.34. The van der Waals surface area contributed by atoms with Crippen LogP contribution in [0.4, 0.5) is 4.79 Å². The Morgan fingerprint density at radius 1 is 1.53 bits per heavy atom. The third-order valence-corrected chi connectivity index (χ3v) is 2.80. The fourth-order valence-electron chi connectivity index (χ4n) is 1.46. The number of carbonyl (C=O) groups excluding carboxylic acids is 1. The van der Waals surface area contributed by atoms with Gasteiger partial charge in [-0.15, -0.1) is 0 Å². The second-order valence-corrected chi connectivity index (χ2v) is 4.19. The van der Waals surface area contributed by atoms with Gasteiger partial charge in [0.1, 0.15) is 6.04 Å². The van der Waals surface area contributed by atoms with Crippen LogP contribution in [0.25, 0.3) is 0 Å². The molecule has 0 saturated heterocycles. The number of carbonyl (C=O) groups is 2. The van der Waals surface area contributed by atoms with Crippen molar-refractivity contribution < 1.29 is 19.2 Å². The Hall–Kier alpha value is -2.12. The van der Waals surface area contributed by atoms with Gasteiger partial charge in [-0.05, 0) is 5.92 Å². The number of carboxylic acids is 1. The number of hydrogen-bond donors (Lipinski definition) is 3. The van der Waals surface area contributed by atoms with Crippen molar-refractivity contribution >= 4 is 12.0 Å². The summed E-state index contributed by atoms with van der Waals surface area (Å²) in [5.74, 6) is -0.766. The third kappa shape index (κ3) is 4.94. The zero-order valence-corrected chi connectivity index (χ0v) is 10.9. The second-order valence-electron chi connectivity index (χ2n) is 4.19. The highest BCUT2D eigenvalue weighted by molar-refractivity contribution is 5.82. The van der Waals surface area contributed by atoms with Crippen LogP contribution in [0.5, 0.6) is 0 Å². The van der Waals surface area contributed by atoms with Gasteiger partial charge in [-0.2, -0.15) is 4.98 Å². The molecule has 0 aromatic carbocycles. The van der Waals surface area contributed by atoms with Crippen molar-refractivity contribution in [3.63, 3.8) is 0 Å². The molecule has 0 aliphatic rings. The van der Waals surface area contributed by atoms with Crippen molar-refractivity contribution in [1.82, 2.24) is 20.8 Å². The van der Waals surface area contributed by atoms with Crippen LogP contribution in [0.2, 0.25) is 0 Å². The van der Waals surface area contributed by atoms with E-state index < -0.39 is 18.0 Å². The van der Waals surface area contributed by atoms with Gasteiger partial charge < -0.3 is 20.3 Å². The third-order valence-electron chi connectivity index (χ3n) is 2.80. The van der Waals surface area contributed by atoms with Crippen LogP contribution < -0.4 is 10.6 Å². The quantitative estimate of drug-likeness (QED) is 0.660. The number of urea groups is 1. The largest absolute Gasteiger partial charge is 0.480 e. The normalized spacial score (nSPS) is 13.6. The zero-order valence-electron chi connectivity index (χ0n) is 10.9. The van der Waals surface area contributed by atoms with Gasteiger partial charge in [0.2, 0.25) is 5.89 Å². The summed E-state index contributed by atoms with van der Waals surface area (Å²) in [5, 5.41) is 17.4. The summed E-state index contributed by atoms with van der Waals surface area (Å²) in [6.07, 6.45) is 2.34. The van der Waals surface area contributed by atoms with Crippen LogP contribution in [0, 0.1) is 5.92 Å². The van der Waals surface area contributed by atoms with Gasteiger partial charge in [-0.1, -0.05) is 25.4 Å². The van der Waals surface area contributed by atoms with Crippen molar-refractivity contribution in [1.29, 1.82) is 0 Å². The highest BCUT2D eigenvalue weighted by Crippen LogP contribution is 2.07. The average molecular weight is 270 g/mol. The molecule has 1 aromatic heterocycles. The lowest BCUT2D eigenvalue weighted by molar-refractivity contribution is -0.140. The number of aromatic nitrogens is 2. The summed E-state index contributed by atoms with van der Waals surface area (Å²) in [4.78, 5) is 26.4. The van der Waals surface area contributed by atoms with E-state index in [1.165, 1.54) is 6.33 Å². The molecule has 0 bridgehead atoms. The summed E-state index contributed by atoms with van der Waals surface area (Å²) >= 11 is 0. The molecule has 0 spiro atoms. The fourth-order valence-corrected chi connectivity index (χ4v) is 1.46. The smallest absolute Gasteiger partial charge is 0.326 e. The van der Waals surface area contributed by atoms with E-state index in [2.05, 4.69) is 20.8 Å². The minimum atomic E-state index is -1.04. The maximum Gasteiger partial charge on any atom is 0.326 e. The molecule has 1 heterocycles. The Morgan fingerprint density at radius 2 is 2.26 bits per heavy atom. The van der Waals surface area contributed by atoms with E-state index in [1.54, 1.807) is 6.92 Å². The highest BCUT2D eigenvalue weighted by atomic mass is 16.5. The minimum Gasteiger partial charge on any atom is -0.480 e. The first kappa shape index (κ1) is 14.9. The van der Waals surface area contributed by atoms with Gasteiger partial charge in [0.25, 0.3) is 0 Å². The number of amides is 2. The molecule has 0 radical (unpaired) electrons. The molecule has 3 N–H and O–H groups in total. The number of nitrogens with one attached hydrogen (secondary N) is 2. The summed E-state index contributed by atoms with van der Waals surface area (Å²) < 4.78 is 4.76. The lowest BCUT2D eigenvalue weighted by atomic mass is 9.99. The molecule has 8 heteroatoms. The predicted molar refractivity (Wildman–Crippen MR) is 65.4 cm³/mol. The predicted octanol–water partition coefficient (Wildman–Crippen LogP) is 0.411. The molecule has 8 nitrogen and oxygen atoms in total. The van der Waals surface area contributed by atoms with Gasteiger partial charge >= 0.3 is 12.0 Å². The molecule has 19 heavy (non-hydrogen) atoms. The lowest BCUT2D eigenvalue weighted by Crippen LogP contribution is -2.49. The van der Waals surface area contributed by atoms with Gasteiger partial charge in [-0.3, -0.25) is 0 Å². The van der Waals surface area contributed by atoms with E-state index in [4.69, 9.17) is 9.63 Å². The van der Waals surface area contributed by atoms with Crippen LogP contribution in [0.3, 0.4) is 0 Å². The van der Waals surface area contributed by atoms with E-state index in [1.807, 2.05) is 6.92 Å². The number of hydrogen-bond acceptors (Lipinski definition) is 5. The molecule has 0 aliphatic heterocycles. The van der Waals surface area contributed by atoms with Crippen LogP contribution in [0.15, 0.2) is 10.9 Å². The summed E-state index contributed by atoms with van der Waals surface area (Å²) in [6, 6.07) is -1.42. The van der Waals surface area contributed by atoms with Crippen LogP contribution >= 0.6 is 0 Å². The number of rotatable bonds is 7. The molecule has 0 aliphatic carbocycles. The molecule has 1 rings (SSSR count). The summed E-state index contributed by atoms with van der Waals surface area (Å²) in [6.45, 7) is 3.94. The van der Waals surface area contributed by atoms with Crippen LogP contribution in [0.1, 0.15) is 26.2 Å². The first-order valence-electron chi connectivity index (χ1n) is 6.07. The zero-order chi connectivity index (χ0) is 14.3. The SMILES string of the molecule is CCC(C)C(NC(=O)NCCc1ncno1)C(=O)O. The average Bonchev–Trinajstić information content (AvgIpc) is 2.87. The van der Waals surface area contributed by atoms with E-state index in [0.717, 1.165) is 0 Å². The van der Waals surface area contributed by atoms with Crippen molar-refractivity contribution in [2.24, 2.45) is 5.92 Å². The number of carboxylic acid groups (broad SMARTS) is 1. The van der Waals surface area contributed by atoms with E-state index >= 15 is 0 Å². The van der Waals surface area contributed by atoms with Crippen LogP contribution in [-0.2, 0) is 11.2 Å². The van der Waals surface area contributed by atoms with E-state index in [0.29, 0.717) is 25.3 Å². The first-order valence-corrected chi connectivity index (χ1v) is 6.07. The Morgan fingerprint density at radius 3 is 2.79 bits per heavy atom. The van der Waals surface area contributed by atoms with Crippen LogP contribution in [-0.4, -0.2) is 39.8 Å². The topological polar surface area (TPSA) is 117 Å². The van der Waals surface area contributed by atoms with Gasteiger partial charge in [-0.25, -0.2) is 9.59 Å². The van der Waals surface area contributed by atoms with Gasteiger partial charge in [0, 0.05) is 13.0 Å². The first-order chi connectivity index (χ1) is 9.04. The highest BCUT2D eigenvalue weighted by Gasteiger charge is 2.24. The number of nitrogens with zero attached hydrogens (tertiary/aromatic N) is 2. The molecule has 0 fully saturated rings. The minimum absolute atomic E-state index is 0.140. The Kier molecular flexibility index (Phi) is 5.77. The molecule has 2 atom stereocenters. The molecular formula is C11H18N4O4. The molecular weight excluding hydrogens is 252 g/mol. The summed E-state index contributed by atoms with van der Waals surface area (Å²) in [5.41, 5.74) is 0. The van der Waals surface area contributed by atoms with Crippen molar-refractivity contribution in [3.8, 4) is 0 Å². The Labute approximate surface area is 110 Å². The Bertz CT molecular complexity index is 407. The van der Waals surface area contributed by atoms with Gasteiger partial charge in [0.15, 0.2) is 6.33 Å². The van der Waals surface area contributed by atoms with E-state index in [9.17, 15) is 9.59 Å². The maximum absolute atomic E-state index is 11.6. The lowest BCUT2D eigenvalue weighted by Gasteiger charge is -2.20. The van der Waals surface area contributed by atoms with Crippen molar-refractivity contribution in [3.05, 3.63) is 12.2 Å². The molecule has 1 aromatic rings. The molecule has 2 amide bonds. The monoisotopic (exact) mass is 270 g/mol. The summed E-state index contributed by atoms with van der Waals surface area (Å²) in [7, 11) is 0. The molecule has 2 unspecified atom stereocenters. The molecule has 0 saturated carbocycles. The van der Waals surface area contributed by atoms with E-state index in [-0.39, 0.29) is 5.92 Å². The fraction of sp³-hybridized carbons (Fsp3) is 0.636. The van der Waals surface area contributed by atoms with Crippen molar-refractivity contribution in [2.75, 3.05) is 6.54 Å². The van der Waals surface area contributed by atoms with Gasteiger partial charge in [0.05, 0.1) is 0 Å². The number of aliphatic carboxylic acids is 1. The molecule has 106 valence electrons.